The van der Waals surface area contributed by atoms with Crippen molar-refractivity contribution in [1.82, 2.24) is 0 Å². The van der Waals surface area contributed by atoms with E-state index in [9.17, 15) is 13.2 Å². The molecule has 30 heavy (non-hydrogen) atoms. The van der Waals surface area contributed by atoms with Crippen molar-refractivity contribution in [1.29, 1.82) is 0 Å². The molecule has 0 aliphatic carbocycles. The molecule has 0 saturated carbocycles. The highest BCUT2D eigenvalue weighted by Gasteiger charge is 2.27. The van der Waals surface area contributed by atoms with E-state index >= 15 is 0 Å². The molecule has 1 N–H and O–H groups in total. The molecule has 0 radical (unpaired) electrons. The van der Waals surface area contributed by atoms with Gasteiger partial charge in [-0.25, -0.2) is 8.42 Å². The number of benzene rings is 3. The summed E-state index contributed by atoms with van der Waals surface area (Å²) in [7, 11) is -3.95. The van der Waals surface area contributed by atoms with Crippen molar-refractivity contribution >= 4 is 38.9 Å². The standard InChI is InChI=1S/C23H23ClN2O3S/c1-16-9-11-20(12-10-16)30(28,29)26(19-7-5-4-6-8-19)15-22(27)25-23-18(3)13-17(2)14-21(23)24/h4-14H,15H2,1-3H3,(H,25,27). The molecule has 0 bridgehead atoms. The van der Waals surface area contributed by atoms with Gasteiger partial charge in [0.1, 0.15) is 6.54 Å². The summed E-state index contributed by atoms with van der Waals surface area (Å²) in [5.74, 6) is -0.483. The fraction of sp³-hybridized carbons (Fsp3) is 0.174. The van der Waals surface area contributed by atoms with Gasteiger partial charge in [0, 0.05) is 0 Å². The van der Waals surface area contributed by atoms with E-state index in [0.29, 0.717) is 16.4 Å². The Morgan fingerprint density at radius 3 is 2.17 bits per heavy atom. The number of para-hydroxylation sites is 1. The minimum absolute atomic E-state index is 0.120. The van der Waals surface area contributed by atoms with E-state index in [1.807, 2.05) is 26.8 Å². The zero-order valence-corrected chi connectivity index (χ0v) is 18.6. The van der Waals surface area contributed by atoms with Crippen molar-refractivity contribution < 1.29 is 13.2 Å². The van der Waals surface area contributed by atoms with Gasteiger partial charge in [0.15, 0.2) is 0 Å². The van der Waals surface area contributed by atoms with Gasteiger partial charge in [-0.15, -0.1) is 0 Å². The number of carbonyl (C=O) groups excluding carboxylic acids is 1. The van der Waals surface area contributed by atoms with Gasteiger partial charge >= 0.3 is 0 Å². The highest BCUT2D eigenvalue weighted by molar-refractivity contribution is 7.92. The largest absolute Gasteiger partial charge is 0.323 e. The van der Waals surface area contributed by atoms with Crippen LogP contribution in [0, 0.1) is 20.8 Å². The maximum Gasteiger partial charge on any atom is 0.264 e. The Labute approximate surface area is 182 Å². The minimum atomic E-state index is -3.95. The predicted octanol–water partition coefficient (Wildman–Crippen LogP) is 5.10. The molecule has 0 unspecified atom stereocenters. The van der Waals surface area contributed by atoms with Crippen LogP contribution in [0.2, 0.25) is 5.02 Å². The third-order valence-electron chi connectivity index (χ3n) is 4.64. The van der Waals surface area contributed by atoms with Crippen molar-refractivity contribution in [2.45, 2.75) is 25.7 Å². The number of amides is 1. The van der Waals surface area contributed by atoms with E-state index in [1.165, 1.54) is 0 Å². The molecule has 7 heteroatoms. The van der Waals surface area contributed by atoms with Crippen molar-refractivity contribution in [2.24, 2.45) is 0 Å². The lowest BCUT2D eigenvalue weighted by atomic mass is 10.1. The monoisotopic (exact) mass is 442 g/mol. The number of sulfonamides is 1. The molecule has 0 saturated heterocycles. The molecule has 0 aliphatic heterocycles. The summed E-state index contributed by atoms with van der Waals surface area (Å²) in [6.45, 7) is 5.25. The summed E-state index contributed by atoms with van der Waals surface area (Å²) in [6, 6.07) is 18.7. The van der Waals surface area contributed by atoms with Crippen LogP contribution in [0.4, 0.5) is 11.4 Å². The fourth-order valence-electron chi connectivity index (χ4n) is 3.13. The zero-order valence-electron chi connectivity index (χ0n) is 17.0. The van der Waals surface area contributed by atoms with E-state index in [2.05, 4.69) is 5.32 Å². The molecule has 3 aromatic rings. The Bertz CT molecular complexity index is 1140. The van der Waals surface area contributed by atoms with Crippen LogP contribution in [0.3, 0.4) is 0 Å². The molecule has 1 amide bonds. The van der Waals surface area contributed by atoms with E-state index in [1.54, 1.807) is 60.7 Å². The third-order valence-corrected chi connectivity index (χ3v) is 6.72. The summed E-state index contributed by atoms with van der Waals surface area (Å²) < 4.78 is 27.8. The second kappa shape index (κ2) is 8.90. The number of halogens is 1. The molecular formula is C23H23ClN2O3S. The normalized spacial score (nSPS) is 11.2. The summed E-state index contributed by atoms with van der Waals surface area (Å²) in [5, 5.41) is 3.17. The second-order valence-electron chi connectivity index (χ2n) is 7.15. The van der Waals surface area contributed by atoms with Crippen LogP contribution < -0.4 is 9.62 Å². The van der Waals surface area contributed by atoms with Crippen LogP contribution in [-0.2, 0) is 14.8 Å². The molecule has 156 valence electrons. The Kier molecular flexibility index (Phi) is 6.48. The second-order valence-corrected chi connectivity index (χ2v) is 9.42. The van der Waals surface area contributed by atoms with Gasteiger partial charge in [-0.1, -0.05) is 53.6 Å². The topological polar surface area (TPSA) is 66.5 Å². The number of nitrogens with one attached hydrogen (secondary N) is 1. The highest BCUT2D eigenvalue weighted by Crippen LogP contribution is 2.28. The van der Waals surface area contributed by atoms with Crippen LogP contribution in [-0.4, -0.2) is 20.9 Å². The maximum absolute atomic E-state index is 13.3. The van der Waals surface area contributed by atoms with Gasteiger partial charge in [0.25, 0.3) is 10.0 Å². The van der Waals surface area contributed by atoms with Crippen LogP contribution in [0.1, 0.15) is 16.7 Å². The first-order chi connectivity index (χ1) is 14.2. The lowest BCUT2D eigenvalue weighted by Crippen LogP contribution is -2.38. The van der Waals surface area contributed by atoms with Crippen LogP contribution >= 0.6 is 11.6 Å². The first-order valence-corrected chi connectivity index (χ1v) is 11.2. The first kappa shape index (κ1) is 21.9. The molecule has 0 heterocycles. The SMILES string of the molecule is Cc1ccc(S(=O)(=O)N(CC(=O)Nc2c(C)cc(C)cc2Cl)c2ccccc2)cc1. The average Bonchev–Trinajstić information content (AvgIpc) is 2.70. The molecular weight excluding hydrogens is 420 g/mol. The number of aryl methyl sites for hydroxylation is 3. The Morgan fingerprint density at radius 2 is 1.57 bits per heavy atom. The predicted molar refractivity (Wildman–Crippen MR) is 122 cm³/mol. The first-order valence-electron chi connectivity index (χ1n) is 9.39. The molecule has 0 fully saturated rings. The van der Waals surface area contributed by atoms with Crippen LogP contribution in [0.15, 0.2) is 71.6 Å². The number of carbonyl (C=O) groups is 1. The van der Waals surface area contributed by atoms with Gasteiger partial charge in [-0.3, -0.25) is 9.10 Å². The van der Waals surface area contributed by atoms with Gasteiger partial charge in [-0.2, -0.15) is 0 Å². The number of anilines is 2. The van der Waals surface area contributed by atoms with Gasteiger partial charge in [0.05, 0.1) is 21.3 Å². The lowest BCUT2D eigenvalue weighted by Gasteiger charge is -2.24. The summed E-state index contributed by atoms with van der Waals surface area (Å²) in [4.78, 5) is 13.0. The number of hydrogen-bond acceptors (Lipinski definition) is 3. The molecule has 0 atom stereocenters. The number of nitrogens with zero attached hydrogens (tertiary/aromatic N) is 1. The lowest BCUT2D eigenvalue weighted by molar-refractivity contribution is -0.114. The van der Waals surface area contributed by atoms with E-state index in [0.717, 1.165) is 21.0 Å². The molecule has 3 aromatic carbocycles. The Morgan fingerprint density at radius 1 is 0.933 bits per heavy atom. The summed E-state index contributed by atoms with van der Waals surface area (Å²) in [6.07, 6.45) is 0. The van der Waals surface area contributed by atoms with Gasteiger partial charge in [0.2, 0.25) is 5.91 Å². The molecule has 5 nitrogen and oxygen atoms in total. The average molecular weight is 443 g/mol. The van der Waals surface area contributed by atoms with Gasteiger partial charge < -0.3 is 5.32 Å². The molecule has 3 rings (SSSR count). The Hall–Kier alpha value is -2.83. The van der Waals surface area contributed by atoms with Crippen molar-refractivity contribution in [2.75, 3.05) is 16.2 Å². The number of hydrogen-bond donors (Lipinski definition) is 1. The quantitative estimate of drug-likeness (QED) is 0.577. The van der Waals surface area contributed by atoms with Crippen molar-refractivity contribution in [3.8, 4) is 0 Å². The third kappa shape index (κ3) is 4.83. The highest BCUT2D eigenvalue weighted by atomic mass is 35.5. The van der Waals surface area contributed by atoms with Crippen molar-refractivity contribution in [3.63, 3.8) is 0 Å². The Balaban J connectivity index is 1.94. The minimum Gasteiger partial charge on any atom is -0.323 e. The smallest absolute Gasteiger partial charge is 0.264 e. The maximum atomic E-state index is 13.3. The fourth-order valence-corrected chi connectivity index (χ4v) is 4.92. The number of rotatable bonds is 6. The van der Waals surface area contributed by atoms with E-state index < -0.39 is 15.9 Å². The van der Waals surface area contributed by atoms with E-state index in [4.69, 9.17) is 11.6 Å². The van der Waals surface area contributed by atoms with Crippen LogP contribution in [0.5, 0.6) is 0 Å². The van der Waals surface area contributed by atoms with Crippen molar-refractivity contribution in [3.05, 3.63) is 88.4 Å². The molecule has 0 aliphatic rings. The van der Waals surface area contributed by atoms with Crippen LogP contribution in [0.25, 0.3) is 0 Å². The van der Waals surface area contributed by atoms with Gasteiger partial charge in [-0.05, 0) is 62.2 Å². The molecule has 0 aromatic heterocycles. The summed E-state index contributed by atoms with van der Waals surface area (Å²) >= 11 is 6.29. The summed E-state index contributed by atoms with van der Waals surface area (Å²) in [5.41, 5.74) is 3.61. The molecule has 0 spiro atoms. The zero-order chi connectivity index (χ0) is 21.9. The van der Waals surface area contributed by atoms with E-state index in [-0.39, 0.29) is 11.4 Å².